The topological polar surface area (TPSA) is 20.3 Å². The number of nitrogens with zero attached hydrogens (tertiary/aromatic N) is 1. The van der Waals surface area contributed by atoms with E-state index in [9.17, 15) is 4.79 Å². The van der Waals surface area contributed by atoms with E-state index in [0.717, 1.165) is 35.2 Å². The molecule has 2 nitrogen and oxygen atoms in total. The van der Waals surface area contributed by atoms with Crippen LogP contribution in [0.5, 0.6) is 0 Å². The van der Waals surface area contributed by atoms with E-state index in [4.69, 9.17) is 0 Å². The normalized spacial score (nSPS) is 12.2. The van der Waals surface area contributed by atoms with Gasteiger partial charge in [0.25, 0.3) is 0 Å². The number of fused-ring (bicyclic) bond motifs is 2. The number of amides is 1. The molecule has 2 heteroatoms. The van der Waals surface area contributed by atoms with Crippen molar-refractivity contribution in [2.75, 3.05) is 4.90 Å². The average molecular weight is 388 g/mol. The minimum absolute atomic E-state index is 0.207. The second kappa shape index (κ2) is 11.5. The Bertz CT molecular complexity index is 858. The Balaban J connectivity index is 1.57. The molecule has 1 amide bonds. The molecular weight excluding hydrogens is 354 g/mol. The average Bonchev–Trinajstić information content (AvgIpc) is 2.74. The number of benzene rings is 2. The summed E-state index contributed by atoms with van der Waals surface area (Å²) in [5.41, 5.74) is 4.01. The highest BCUT2D eigenvalue weighted by Crippen LogP contribution is 2.26. The van der Waals surface area contributed by atoms with Crippen molar-refractivity contribution in [2.45, 2.75) is 77.7 Å². The van der Waals surface area contributed by atoms with Gasteiger partial charge in [-0.05, 0) is 30.2 Å². The van der Waals surface area contributed by atoms with Crippen LogP contribution in [0.15, 0.2) is 48.5 Å². The van der Waals surface area contributed by atoms with Crippen molar-refractivity contribution >= 4 is 11.6 Å². The summed E-state index contributed by atoms with van der Waals surface area (Å²) in [4.78, 5) is 15.1. The maximum absolute atomic E-state index is 13.1. The van der Waals surface area contributed by atoms with Gasteiger partial charge in [0, 0.05) is 17.5 Å². The van der Waals surface area contributed by atoms with Gasteiger partial charge in [0.05, 0.1) is 12.2 Å². The summed E-state index contributed by atoms with van der Waals surface area (Å²) < 4.78 is 0. The van der Waals surface area contributed by atoms with Crippen LogP contribution in [0.1, 0.15) is 87.8 Å². The molecule has 1 heterocycles. The van der Waals surface area contributed by atoms with Gasteiger partial charge in [-0.25, -0.2) is 0 Å². The van der Waals surface area contributed by atoms with Crippen molar-refractivity contribution in [3.05, 3.63) is 65.2 Å². The molecule has 3 rings (SSSR count). The largest absolute Gasteiger partial charge is 0.307 e. The first-order chi connectivity index (χ1) is 14.3. The summed E-state index contributed by atoms with van der Waals surface area (Å²) >= 11 is 0. The van der Waals surface area contributed by atoms with Crippen LogP contribution in [0.4, 0.5) is 5.69 Å². The summed E-state index contributed by atoms with van der Waals surface area (Å²) in [5.74, 6) is 6.75. The molecule has 152 valence electrons. The van der Waals surface area contributed by atoms with Crippen LogP contribution >= 0.6 is 0 Å². The minimum Gasteiger partial charge on any atom is -0.307 e. The van der Waals surface area contributed by atoms with E-state index in [-0.39, 0.29) is 5.91 Å². The lowest BCUT2D eigenvalue weighted by Gasteiger charge is -2.26. The molecule has 2 aromatic carbocycles. The Kier molecular flexibility index (Phi) is 8.38. The molecule has 29 heavy (non-hydrogen) atoms. The third kappa shape index (κ3) is 6.23. The second-order valence-electron chi connectivity index (χ2n) is 7.98. The van der Waals surface area contributed by atoms with Crippen LogP contribution in [0, 0.1) is 11.8 Å². The number of rotatable bonds is 10. The van der Waals surface area contributed by atoms with Crippen molar-refractivity contribution in [1.82, 2.24) is 0 Å². The molecule has 0 aliphatic carbocycles. The number of unbranched alkanes of at least 4 members (excludes halogenated alkanes) is 8. The molecular formula is C27H33NO. The lowest BCUT2D eigenvalue weighted by Crippen LogP contribution is -2.31. The van der Waals surface area contributed by atoms with Gasteiger partial charge < -0.3 is 4.90 Å². The zero-order valence-electron chi connectivity index (χ0n) is 17.8. The fraction of sp³-hybridized carbons (Fsp3) is 0.444. The molecule has 1 aliphatic heterocycles. The molecule has 1 aliphatic rings. The Morgan fingerprint density at radius 3 is 2.14 bits per heavy atom. The molecule has 0 unspecified atom stereocenters. The van der Waals surface area contributed by atoms with Gasteiger partial charge in [-0.3, -0.25) is 4.79 Å². The number of carbonyl (C=O) groups excluding carboxylic acids is 1. The second-order valence-corrected chi connectivity index (χ2v) is 7.98. The van der Waals surface area contributed by atoms with Crippen molar-refractivity contribution in [3.63, 3.8) is 0 Å². The molecule has 0 spiro atoms. The van der Waals surface area contributed by atoms with E-state index in [2.05, 4.69) is 24.8 Å². The van der Waals surface area contributed by atoms with E-state index in [1.54, 1.807) is 0 Å². The molecule has 0 radical (unpaired) electrons. The van der Waals surface area contributed by atoms with Crippen LogP contribution < -0.4 is 4.90 Å². The summed E-state index contributed by atoms with van der Waals surface area (Å²) in [6.07, 6.45) is 12.0. The Labute approximate surface area is 176 Å². The number of hydrogen-bond acceptors (Lipinski definition) is 1. The Hall–Kier alpha value is -2.53. The smallest absolute Gasteiger partial charge is 0.227 e. The number of hydrogen-bond donors (Lipinski definition) is 0. The molecule has 0 N–H and O–H groups in total. The Morgan fingerprint density at radius 1 is 0.793 bits per heavy atom. The molecule has 0 atom stereocenters. The fourth-order valence-electron chi connectivity index (χ4n) is 3.93. The molecule has 0 fully saturated rings. The fourth-order valence-corrected chi connectivity index (χ4v) is 3.93. The lowest BCUT2D eigenvalue weighted by atomic mass is 10.0. The van der Waals surface area contributed by atoms with E-state index in [0.29, 0.717) is 13.0 Å². The first kappa shape index (κ1) is 21.2. The van der Waals surface area contributed by atoms with Crippen LogP contribution in [-0.4, -0.2) is 5.91 Å². The minimum atomic E-state index is 0.207. The van der Waals surface area contributed by atoms with Crippen LogP contribution in [0.3, 0.4) is 0 Å². The predicted molar refractivity (Wildman–Crippen MR) is 122 cm³/mol. The quantitative estimate of drug-likeness (QED) is 0.322. The number of carbonyl (C=O) groups is 1. The van der Waals surface area contributed by atoms with Gasteiger partial charge in [-0.1, -0.05) is 100 Å². The van der Waals surface area contributed by atoms with E-state index in [1.165, 1.54) is 44.9 Å². The summed E-state index contributed by atoms with van der Waals surface area (Å²) in [7, 11) is 0. The van der Waals surface area contributed by atoms with Crippen molar-refractivity contribution in [2.24, 2.45) is 0 Å². The third-order valence-electron chi connectivity index (χ3n) is 5.67. The van der Waals surface area contributed by atoms with E-state index in [1.807, 2.05) is 47.4 Å². The van der Waals surface area contributed by atoms with Crippen LogP contribution in [-0.2, 0) is 11.3 Å². The first-order valence-electron chi connectivity index (χ1n) is 11.3. The molecule has 0 saturated carbocycles. The van der Waals surface area contributed by atoms with Crippen molar-refractivity contribution < 1.29 is 4.79 Å². The van der Waals surface area contributed by atoms with Gasteiger partial charge >= 0.3 is 0 Å². The lowest BCUT2D eigenvalue weighted by molar-refractivity contribution is -0.118. The standard InChI is InChI=1S/C27H33NO/c1-2-3-4-5-6-7-8-9-10-19-27(29)28-22-25-17-12-11-15-23(25)20-21-24-16-13-14-18-26(24)28/h11-18H,2-10,19,22H2,1H3. The molecule has 0 saturated heterocycles. The van der Waals surface area contributed by atoms with E-state index >= 15 is 0 Å². The highest BCUT2D eigenvalue weighted by Gasteiger charge is 2.20. The highest BCUT2D eigenvalue weighted by atomic mass is 16.2. The van der Waals surface area contributed by atoms with Gasteiger partial charge in [0.2, 0.25) is 5.91 Å². The molecule has 0 aromatic heterocycles. The molecule has 2 aromatic rings. The zero-order valence-corrected chi connectivity index (χ0v) is 17.8. The summed E-state index contributed by atoms with van der Waals surface area (Å²) in [5, 5.41) is 0. The highest BCUT2D eigenvalue weighted by molar-refractivity contribution is 5.95. The third-order valence-corrected chi connectivity index (χ3v) is 5.67. The van der Waals surface area contributed by atoms with Gasteiger partial charge in [-0.2, -0.15) is 0 Å². The predicted octanol–water partition coefficient (Wildman–Crippen LogP) is 6.85. The van der Waals surface area contributed by atoms with Crippen LogP contribution in [0.2, 0.25) is 0 Å². The summed E-state index contributed by atoms with van der Waals surface area (Å²) in [6, 6.07) is 16.2. The maximum Gasteiger partial charge on any atom is 0.227 e. The van der Waals surface area contributed by atoms with E-state index < -0.39 is 0 Å². The molecule has 0 bridgehead atoms. The monoisotopic (exact) mass is 387 g/mol. The van der Waals surface area contributed by atoms with Crippen molar-refractivity contribution in [3.8, 4) is 11.8 Å². The van der Waals surface area contributed by atoms with Gasteiger partial charge in [-0.15, -0.1) is 0 Å². The summed E-state index contributed by atoms with van der Waals surface area (Å²) in [6.45, 7) is 2.85. The zero-order chi connectivity index (χ0) is 20.3. The van der Waals surface area contributed by atoms with Crippen LogP contribution in [0.25, 0.3) is 0 Å². The number of anilines is 1. The van der Waals surface area contributed by atoms with Gasteiger partial charge in [0.1, 0.15) is 0 Å². The Morgan fingerprint density at radius 2 is 1.38 bits per heavy atom. The SMILES string of the molecule is CCCCCCCCCCCC(=O)N1Cc2ccccc2C#Cc2ccccc21. The van der Waals surface area contributed by atoms with Gasteiger partial charge in [0.15, 0.2) is 0 Å². The maximum atomic E-state index is 13.1. The van der Waals surface area contributed by atoms with Crippen molar-refractivity contribution in [1.29, 1.82) is 0 Å². The number of para-hydroxylation sites is 1. The first-order valence-corrected chi connectivity index (χ1v) is 11.3.